The first-order valence-electron chi connectivity index (χ1n) is 9.09. The van der Waals surface area contributed by atoms with Gasteiger partial charge in [-0.2, -0.15) is 0 Å². The fourth-order valence-corrected chi connectivity index (χ4v) is 3.22. The zero-order valence-electron chi connectivity index (χ0n) is 16.5. The van der Waals surface area contributed by atoms with E-state index in [2.05, 4.69) is 5.32 Å². The van der Waals surface area contributed by atoms with Gasteiger partial charge in [-0.1, -0.05) is 35.5 Å². The molecule has 5 nitrogen and oxygen atoms in total. The van der Waals surface area contributed by atoms with Crippen molar-refractivity contribution in [1.82, 2.24) is 5.32 Å². The van der Waals surface area contributed by atoms with Crippen molar-refractivity contribution in [3.05, 3.63) is 35.4 Å². The first-order valence-corrected chi connectivity index (χ1v) is 9.90. The molecule has 0 aromatic heterocycles. The Balaban J connectivity index is 2.34. The highest BCUT2D eigenvalue weighted by molar-refractivity contribution is 8.15. The molecule has 1 aromatic rings. The number of hydrogen-bond acceptors (Lipinski definition) is 5. The second kappa shape index (κ2) is 10.7. The Hall–Kier alpha value is -1.37. The summed E-state index contributed by atoms with van der Waals surface area (Å²) < 4.78 is 5.75. The molecule has 6 heteroatoms. The van der Waals surface area contributed by atoms with Gasteiger partial charge in [-0.3, -0.25) is 9.59 Å². The van der Waals surface area contributed by atoms with Crippen LogP contribution in [0.15, 0.2) is 24.3 Å². The van der Waals surface area contributed by atoms with Crippen LogP contribution < -0.4 is 11.1 Å². The van der Waals surface area contributed by atoms with Crippen molar-refractivity contribution in [3.8, 4) is 0 Å². The van der Waals surface area contributed by atoms with E-state index in [1.807, 2.05) is 52.8 Å². The molecule has 26 heavy (non-hydrogen) atoms. The molecule has 0 saturated carbocycles. The number of aryl methyl sites for hydroxylation is 1. The molecule has 2 atom stereocenters. The molecule has 1 amide bonds. The molecule has 0 heterocycles. The predicted octanol–water partition coefficient (Wildman–Crippen LogP) is 3.64. The molecule has 0 bridgehead atoms. The standard InChI is InChI=1S/C20H32N2O3S/c1-14(2)22-18(23)10-9-16(4)25-12-11-20(5,21)26-19(24)17-8-6-7-15(3)13-17/h6-8,13-14,16H,9-12,21H2,1-5H3,(H,22,23). The summed E-state index contributed by atoms with van der Waals surface area (Å²) in [5.41, 5.74) is 7.97. The Bertz CT molecular complexity index is 602. The number of carbonyl (C=O) groups excluding carboxylic acids is 2. The second-order valence-electron chi connectivity index (χ2n) is 7.26. The second-order valence-corrected chi connectivity index (χ2v) is 8.77. The quantitative estimate of drug-likeness (QED) is 0.606. The lowest BCUT2D eigenvalue weighted by Gasteiger charge is -2.24. The number of thioether (sulfide) groups is 1. The summed E-state index contributed by atoms with van der Waals surface area (Å²) >= 11 is 1.14. The molecule has 0 aliphatic heterocycles. The third-order valence-electron chi connectivity index (χ3n) is 3.81. The highest BCUT2D eigenvalue weighted by Gasteiger charge is 2.24. The first-order chi connectivity index (χ1) is 12.1. The van der Waals surface area contributed by atoms with Crippen LogP contribution in [0.3, 0.4) is 0 Å². The summed E-state index contributed by atoms with van der Waals surface area (Å²) in [7, 11) is 0. The van der Waals surface area contributed by atoms with E-state index < -0.39 is 4.87 Å². The van der Waals surface area contributed by atoms with E-state index in [4.69, 9.17) is 10.5 Å². The average molecular weight is 381 g/mol. The van der Waals surface area contributed by atoms with Gasteiger partial charge >= 0.3 is 0 Å². The third kappa shape index (κ3) is 9.36. The molecule has 2 unspecified atom stereocenters. The third-order valence-corrected chi connectivity index (χ3v) is 4.90. The summed E-state index contributed by atoms with van der Waals surface area (Å²) in [5.74, 6) is 0.0402. The van der Waals surface area contributed by atoms with Crippen LogP contribution in [0.2, 0.25) is 0 Å². The maximum Gasteiger partial charge on any atom is 0.221 e. The Morgan fingerprint density at radius 3 is 2.62 bits per heavy atom. The summed E-state index contributed by atoms with van der Waals surface area (Å²) in [6.07, 6.45) is 1.63. The molecule has 0 radical (unpaired) electrons. The number of nitrogens with two attached hydrogens (primary N) is 1. The number of carbonyl (C=O) groups is 2. The molecule has 146 valence electrons. The molecule has 0 saturated heterocycles. The van der Waals surface area contributed by atoms with Crippen LogP contribution in [-0.4, -0.2) is 34.6 Å². The van der Waals surface area contributed by atoms with Crippen LogP contribution in [0.25, 0.3) is 0 Å². The number of hydrogen-bond donors (Lipinski definition) is 2. The SMILES string of the molecule is Cc1cccc(C(=O)SC(C)(N)CCOC(C)CCC(=O)NC(C)C)c1. The molecule has 0 aliphatic rings. The van der Waals surface area contributed by atoms with Crippen LogP contribution in [0.5, 0.6) is 0 Å². The summed E-state index contributed by atoms with van der Waals surface area (Å²) in [5, 5.41) is 2.83. The minimum absolute atomic E-state index is 0.0267. The Morgan fingerprint density at radius 1 is 1.31 bits per heavy atom. The number of benzene rings is 1. The van der Waals surface area contributed by atoms with E-state index in [1.165, 1.54) is 0 Å². The van der Waals surface area contributed by atoms with E-state index in [0.717, 1.165) is 17.3 Å². The smallest absolute Gasteiger partial charge is 0.221 e. The minimum Gasteiger partial charge on any atom is -0.378 e. The van der Waals surface area contributed by atoms with Gasteiger partial charge in [0.1, 0.15) is 0 Å². The average Bonchev–Trinajstić information content (AvgIpc) is 2.51. The van der Waals surface area contributed by atoms with Gasteiger partial charge in [0.25, 0.3) is 0 Å². The highest BCUT2D eigenvalue weighted by atomic mass is 32.2. The zero-order chi connectivity index (χ0) is 19.7. The normalized spacial score (nSPS) is 14.7. The molecule has 0 fully saturated rings. The van der Waals surface area contributed by atoms with Crippen molar-refractivity contribution in [2.75, 3.05) is 6.61 Å². The fraction of sp³-hybridized carbons (Fsp3) is 0.600. The monoisotopic (exact) mass is 380 g/mol. The van der Waals surface area contributed by atoms with Gasteiger partial charge in [-0.05, 0) is 53.5 Å². The van der Waals surface area contributed by atoms with E-state index in [1.54, 1.807) is 6.07 Å². The fourth-order valence-electron chi connectivity index (χ4n) is 2.37. The maximum absolute atomic E-state index is 12.4. The lowest BCUT2D eigenvalue weighted by molar-refractivity contribution is -0.122. The zero-order valence-corrected chi connectivity index (χ0v) is 17.3. The first kappa shape index (κ1) is 22.7. The Morgan fingerprint density at radius 2 is 2.00 bits per heavy atom. The van der Waals surface area contributed by atoms with Gasteiger partial charge in [-0.15, -0.1) is 0 Å². The number of ether oxygens (including phenoxy) is 1. The van der Waals surface area contributed by atoms with Crippen LogP contribution in [0.4, 0.5) is 0 Å². The topological polar surface area (TPSA) is 81.4 Å². The largest absolute Gasteiger partial charge is 0.378 e. The molecular weight excluding hydrogens is 348 g/mol. The van der Waals surface area contributed by atoms with Crippen molar-refractivity contribution in [2.24, 2.45) is 5.73 Å². The van der Waals surface area contributed by atoms with Gasteiger partial charge < -0.3 is 15.8 Å². The molecule has 0 aliphatic carbocycles. The Kier molecular flexibility index (Phi) is 9.33. The minimum atomic E-state index is -0.699. The van der Waals surface area contributed by atoms with Crippen LogP contribution >= 0.6 is 11.8 Å². The molecule has 1 rings (SSSR count). The summed E-state index contributed by atoms with van der Waals surface area (Å²) in [6, 6.07) is 7.65. The van der Waals surface area contributed by atoms with Gasteiger partial charge in [0, 0.05) is 24.6 Å². The van der Waals surface area contributed by atoms with E-state index >= 15 is 0 Å². The van der Waals surface area contributed by atoms with Gasteiger partial charge in [0.05, 0.1) is 11.0 Å². The molecular formula is C20H32N2O3S. The molecule has 3 N–H and O–H groups in total. The van der Waals surface area contributed by atoms with E-state index in [0.29, 0.717) is 31.4 Å². The molecule has 1 aromatic carbocycles. The van der Waals surface area contributed by atoms with Crippen molar-refractivity contribution in [3.63, 3.8) is 0 Å². The number of rotatable bonds is 10. The van der Waals surface area contributed by atoms with Crippen LogP contribution in [0.1, 0.15) is 62.9 Å². The summed E-state index contributed by atoms with van der Waals surface area (Å²) in [6.45, 7) is 10.1. The van der Waals surface area contributed by atoms with Gasteiger partial charge in [0.15, 0.2) is 0 Å². The highest BCUT2D eigenvalue weighted by Crippen LogP contribution is 2.27. The van der Waals surface area contributed by atoms with E-state index in [9.17, 15) is 9.59 Å². The van der Waals surface area contributed by atoms with Gasteiger partial charge in [-0.25, -0.2) is 0 Å². The predicted molar refractivity (Wildman–Crippen MR) is 108 cm³/mol. The Labute approximate surface area is 161 Å². The summed E-state index contributed by atoms with van der Waals surface area (Å²) in [4.78, 5) is 23.3. The van der Waals surface area contributed by atoms with Gasteiger partial charge in [0.2, 0.25) is 11.0 Å². The lowest BCUT2D eigenvalue weighted by atomic mass is 10.2. The van der Waals surface area contributed by atoms with Crippen molar-refractivity contribution >= 4 is 22.8 Å². The number of amides is 1. The maximum atomic E-state index is 12.4. The van der Waals surface area contributed by atoms with Crippen molar-refractivity contribution in [1.29, 1.82) is 0 Å². The van der Waals surface area contributed by atoms with E-state index in [-0.39, 0.29) is 23.2 Å². The number of nitrogens with one attached hydrogen (secondary N) is 1. The molecule has 0 spiro atoms. The lowest BCUT2D eigenvalue weighted by Crippen LogP contribution is -2.35. The van der Waals surface area contributed by atoms with Crippen molar-refractivity contribution < 1.29 is 14.3 Å². The van der Waals surface area contributed by atoms with Crippen LogP contribution in [0, 0.1) is 6.92 Å². The van der Waals surface area contributed by atoms with Crippen molar-refractivity contribution in [2.45, 2.75) is 70.9 Å². The van der Waals surface area contributed by atoms with Crippen LogP contribution in [-0.2, 0) is 9.53 Å².